The Hall–Kier alpha value is -0.670. The molecule has 22 heavy (non-hydrogen) atoms. The third kappa shape index (κ3) is 4.42. The lowest BCUT2D eigenvalue weighted by atomic mass is 10.3. The molecule has 1 heterocycles. The monoisotopic (exact) mass is 411 g/mol. The van der Waals surface area contributed by atoms with Crippen LogP contribution < -0.4 is 5.73 Å². The van der Waals surface area contributed by atoms with Crippen molar-refractivity contribution in [2.24, 2.45) is 5.73 Å². The lowest BCUT2D eigenvalue weighted by Crippen LogP contribution is -2.41. The van der Waals surface area contributed by atoms with E-state index in [0.717, 1.165) is 15.2 Å². The molecule has 0 unspecified atom stereocenters. The van der Waals surface area contributed by atoms with Crippen LogP contribution in [0.5, 0.6) is 0 Å². The van der Waals surface area contributed by atoms with Crippen LogP contribution >= 0.6 is 28.3 Å². The maximum absolute atomic E-state index is 12.4. The molecule has 1 aromatic carbocycles. The molecule has 0 aliphatic carbocycles. The Bertz CT molecular complexity index is 624. The molecule has 2 N–H and O–H groups in total. The minimum atomic E-state index is -3.66. The third-order valence-electron chi connectivity index (χ3n) is 3.46. The molecule has 0 aromatic heterocycles. The Balaban J connectivity index is 0.00000242. The molecule has 124 valence electrons. The second kappa shape index (κ2) is 7.74. The van der Waals surface area contributed by atoms with Crippen molar-refractivity contribution in [2.75, 3.05) is 26.7 Å². The van der Waals surface area contributed by atoms with E-state index in [1.807, 2.05) is 0 Å². The molecule has 0 bridgehead atoms. The maximum atomic E-state index is 12.4. The Labute approximate surface area is 145 Å². The van der Waals surface area contributed by atoms with Crippen molar-refractivity contribution >= 4 is 44.3 Å². The van der Waals surface area contributed by atoms with Gasteiger partial charge in [-0.3, -0.25) is 4.79 Å². The van der Waals surface area contributed by atoms with Crippen molar-refractivity contribution in [3.05, 3.63) is 28.7 Å². The number of benzene rings is 1. The molecule has 0 saturated carbocycles. The Kier molecular flexibility index (Phi) is 6.82. The summed E-state index contributed by atoms with van der Waals surface area (Å²) in [6, 6.07) is 6.31. The molecule has 6 nitrogen and oxygen atoms in total. The number of carbonyl (C=O) groups excluding carboxylic acids is 1. The standard InChI is InChI=1S/C13H18BrN3O3S.ClH/c1-16(9-13(18)17-7-6-11(15)8-17)21(19,20)12-4-2-10(14)3-5-12;/h2-5,11H,6-9,15H2,1H3;1H/t11-;/m1./s1. The van der Waals surface area contributed by atoms with Crippen LogP contribution in [-0.2, 0) is 14.8 Å². The van der Waals surface area contributed by atoms with Gasteiger partial charge in [0.25, 0.3) is 0 Å². The SMILES string of the molecule is CN(CC(=O)N1CC[C@@H](N)C1)S(=O)(=O)c1ccc(Br)cc1.Cl. The molecule has 1 atom stereocenters. The quantitative estimate of drug-likeness (QED) is 0.801. The van der Waals surface area contributed by atoms with Crippen molar-refractivity contribution < 1.29 is 13.2 Å². The number of halogens is 2. The van der Waals surface area contributed by atoms with Crippen LogP contribution in [0.3, 0.4) is 0 Å². The normalized spacial score (nSPS) is 18.4. The van der Waals surface area contributed by atoms with E-state index in [-0.39, 0.29) is 35.8 Å². The summed E-state index contributed by atoms with van der Waals surface area (Å²) in [6.07, 6.45) is 0.759. The first-order chi connectivity index (χ1) is 9.80. The molecular weight excluding hydrogens is 394 g/mol. The summed E-state index contributed by atoms with van der Waals surface area (Å²) in [6.45, 7) is 0.905. The van der Waals surface area contributed by atoms with Gasteiger partial charge in [-0.25, -0.2) is 8.42 Å². The van der Waals surface area contributed by atoms with E-state index in [4.69, 9.17) is 5.73 Å². The molecule has 1 aliphatic rings. The molecule has 1 fully saturated rings. The van der Waals surface area contributed by atoms with Crippen LogP contribution in [0, 0.1) is 0 Å². The highest BCUT2D eigenvalue weighted by Gasteiger charge is 2.28. The highest BCUT2D eigenvalue weighted by Crippen LogP contribution is 2.18. The van der Waals surface area contributed by atoms with Gasteiger partial charge in [0.05, 0.1) is 11.4 Å². The number of likely N-dealkylation sites (tertiary alicyclic amines) is 1. The van der Waals surface area contributed by atoms with Gasteiger partial charge in [0.1, 0.15) is 0 Å². The van der Waals surface area contributed by atoms with E-state index < -0.39 is 10.0 Å². The third-order valence-corrected chi connectivity index (χ3v) is 5.80. The van der Waals surface area contributed by atoms with Crippen molar-refractivity contribution in [2.45, 2.75) is 17.4 Å². The number of nitrogens with zero attached hydrogens (tertiary/aromatic N) is 2. The van der Waals surface area contributed by atoms with E-state index in [9.17, 15) is 13.2 Å². The zero-order chi connectivity index (χ0) is 15.6. The Morgan fingerprint density at radius 3 is 2.50 bits per heavy atom. The second-order valence-corrected chi connectivity index (χ2v) is 8.06. The zero-order valence-corrected chi connectivity index (χ0v) is 15.3. The van der Waals surface area contributed by atoms with E-state index in [1.54, 1.807) is 17.0 Å². The number of amides is 1. The van der Waals surface area contributed by atoms with Crippen LogP contribution in [0.15, 0.2) is 33.6 Å². The predicted octanol–water partition coefficient (Wildman–Crippen LogP) is 1.05. The number of hydrogen-bond donors (Lipinski definition) is 1. The molecule has 1 amide bonds. The number of nitrogens with two attached hydrogens (primary N) is 1. The summed E-state index contributed by atoms with van der Waals surface area (Å²) in [7, 11) is -2.25. The van der Waals surface area contributed by atoms with Crippen LogP contribution in [0.2, 0.25) is 0 Å². The number of rotatable bonds is 4. The largest absolute Gasteiger partial charge is 0.340 e. The molecule has 1 aliphatic heterocycles. The Morgan fingerprint density at radius 2 is 2.00 bits per heavy atom. The highest BCUT2D eigenvalue weighted by atomic mass is 79.9. The minimum Gasteiger partial charge on any atom is -0.340 e. The molecular formula is C13H19BrClN3O3S. The van der Waals surface area contributed by atoms with E-state index in [2.05, 4.69) is 15.9 Å². The fraction of sp³-hybridized carbons (Fsp3) is 0.462. The van der Waals surface area contributed by atoms with E-state index in [1.165, 1.54) is 19.2 Å². The van der Waals surface area contributed by atoms with E-state index in [0.29, 0.717) is 13.1 Å². The molecule has 9 heteroatoms. The van der Waals surface area contributed by atoms with Crippen molar-refractivity contribution in [1.29, 1.82) is 0 Å². The van der Waals surface area contributed by atoms with Gasteiger partial charge >= 0.3 is 0 Å². The van der Waals surface area contributed by atoms with Crippen molar-refractivity contribution in [3.63, 3.8) is 0 Å². The second-order valence-electron chi connectivity index (χ2n) is 5.10. The van der Waals surface area contributed by atoms with Crippen LogP contribution in [0.4, 0.5) is 0 Å². The van der Waals surface area contributed by atoms with Gasteiger partial charge in [0.15, 0.2) is 0 Å². The molecule has 1 aromatic rings. The molecule has 1 saturated heterocycles. The predicted molar refractivity (Wildman–Crippen MR) is 90.4 cm³/mol. The summed E-state index contributed by atoms with van der Waals surface area (Å²) in [4.78, 5) is 13.9. The van der Waals surface area contributed by atoms with Gasteiger partial charge in [-0.1, -0.05) is 15.9 Å². The number of sulfonamides is 1. The van der Waals surface area contributed by atoms with Crippen LogP contribution in [-0.4, -0.2) is 56.3 Å². The topological polar surface area (TPSA) is 83.7 Å². The van der Waals surface area contributed by atoms with Gasteiger partial charge < -0.3 is 10.6 Å². The van der Waals surface area contributed by atoms with Crippen molar-refractivity contribution in [3.8, 4) is 0 Å². The molecule has 2 rings (SSSR count). The summed E-state index contributed by atoms with van der Waals surface area (Å²) in [5.74, 6) is -0.217. The maximum Gasteiger partial charge on any atom is 0.243 e. The van der Waals surface area contributed by atoms with E-state index >= 15 is 0 Å². The first-order valence-electron chi connectivity index (χ1n) is 6.56. The first kappa shape index (κ1) is 19.4. The highest BCUT2D eigenvalue weighted by molar-refractivity contribution is 9.10. The minimum absolute atomic E-state index is 0. The number of hydrogen-bond acceptors (Lipinski definition) is 4. The average Bonchev–Trinajstić information content (AvgIpc) is 2.86. The molecule has 0 spiro atoms. The van der Waals surface area contributed by atoms with Crippen molar-refractivity contribution in [1.82, 2.24) is 9.21 Å². The van der Waals surface area contributed by atoms with Crippen LogP contribution in [0.25, 0.3) is 0 Å². The number of carbonyl (C=O) groups is 1. The molecule has 0 radical (unpaired) electrons. The lowest BCUT2D eigenvalue weighted by Gasteiger charge is -2.21. The summed E-state index contributed by atoms with van der Waals surface area (Å²) in [5, 5.41) is 0. The summed E-state index contributed by atoms with van der Waals surface area (Å²) >= 11 is 3.26. The first-order valence-corrected chi connectivity index (χ1v) is 8.79. The zero-order valence-electron chi connectivity index (χ0n) is 12.1. The van der Waals surface area contributed by atoms with Gasteiger partial charge in [-0.05, 0) is 30.7 Å². The number of likely N-dealkylation sites (N-methyl/N-ethyl adjacent to an activating group) is 1. The fourth-order valence-electron chi connectivity index (χ4n) is 2.18. The summed E-state index contributed by atoms with van der Waals surface area (Å²) in [5.41, 5.74) is 5.75. The van der Waals surface area contributed by atoms with Gasteiger partial charge in [-0.15, -0.1) is 12.4 Å². The summed E-state index contributed by atoms with van der Waals surface area (Å²) < 4.78 is 26.6. The fourth-order valence-corrected chi connectivity index (χ4v) is 3.56. The lowest BCUT2D eigenvalue weighted by molar-refractivity contribution is -0.130. The van der Waals surface area contributed by atoms with Gasteiger partial charge in [-0.2, -0.15) is 4.31 Å². The average molecular weight is 413 g/mol. The van der Waals surface area contributed by atoms with Gasteiger partial charge in [0.2, 0.25) is 15.9 Å². The smallest absolute Gasteiger partial charge is 0.243 e. The Morgan fingerprint density at radius 1 is 1.41 bits per heavy atom. The van der Waals surface area contributed by atoms with Gasteiger partial charge in [0, 0.05) is 30.7 Å². The van der Waals surface area contributed by atoms with Crippen LogP contribution in [0.1, 0.15) is 6.42 Å².